The molecular weight excluding hydrogens is 262 g/mol. The van der Waals surface area contributed by atoms with Crippen molar-refractivity contribution in [1.82, 2.24) is 20.0 Å². The molecule has 0 spiro atoms. The van der Waals surface area contributed by atoms with Crippen LogP contribution in [0.1, 0.15) is 12.8 Å². The molecule has 1 unspecified atom stereocenters. The van der Waals surface area contributed by atoms with Gasteiger partial charge in [-0.3, -0.25) is 14.8 Å². The minimum Gasteiger partial charge on any atom is -0.390 e. The van der Waals surface area contributed by atoms with Gasteiger partial charge in [0.05, 0.1) is 17.6 Å². The average molecular weight is 285 g/mol. The van der Waals surface area contributed by atoms with Gasteiger partial charge in [0.25, 0.3) is 0 Å². The lowest BCUT2D eigenvalue weighted by Gasteiger charge is -2.12. The SMILES string of the molecule is CN(C)CCCCNCC(O)Cn1cc([N+](=O)[O-])cn1. The molecule has 0 bridgehead atoms. The summed E-state index contributed by atoms with van der Waals surface area (Å²) in [5.41, 5.74) is -0.0613. The molecule has 0 amide bonds. The van der Waals surface area contributed by atoms with E-state index >= 15 is 0 Å². The van der Waals surface area contributed by atoms with Gasteiger partial charge in [0, 0.05) is 6.54 Å². The molecule has 1 atom stereocenters. The summed E-state index contributed by atoms with van der Waals surface area (Å²) in [4.78, 5) is 12.1. The van der Waals surface area contributed by atoms with Gasteiger partial charge in [-0.15, -0.1) is 0 Å². The third-order valence-corrected chi connectivity index (χ3v) is 2.82. The first kappa shape index (κ1) is 16.5. The highest BCUT2D eigenvalue weighted by Gasteiger charge is 2.11. The van der Waals surface area contributed by atoms with Crippen molar-refractivity contribution in [3.8, 4) is 0 Å². The quantitative estimate of drug-likeness (QED) is 0.359. The van der Waals surface area contributed by atoms with E-state index in [1.54, 1.807) is 0 Å². The second-order valence-electron chi connectivity index (χ2n) is 5.05. The van der Waals surface area contributed by atoms with E-state index in [-0.39, 0.29) is 12.2 Å². The fraction of sp³-hybridized carbons (Fsp3) is 0.750. The normalized spacial score (nSPS) is 12.8. The monoisotopic (exact) mass is 285 g/mol. The van der Waals surface area contributed by atoms with Crippen LogP contribution in [0.3, 0.4) is 0 Å². The highest BCUT2D eigenvalue weighted by Crippen LogP contribution is 2.07. The second kappa shape index (κ2) is 8.62. The first-order valence-electron chi connectivity index (χ1n) is 6.69. The van der Waals surface area contributed by atoms with Crippen LogP contribution in [0, 0.1) is 10.1 Å². The van der Waals surface area contributed by atoms with E-state index in [0.717, 1.165) is 25.9 Å². The predicted octanol–water partition coefficient (Wildman–Crippen LogP) is 0.0836. The molecule has 2 N–H and O–H groups in total. The Morgan fingerprint density at radius 1 is 1.55 bits per heavy atom. The van der Waals surface area contributed by atoms with Gasteiger partial charge >= 0.3 is 5.69 Å². The van der Waals surface area contributed by atoms with Gasteiger partial charge in [0.1, 0.15) is 12.4 Å². The van der Waals surface area contributed by atoms with Crippen LogP contribution in [-0.4, -0.2) is 64.5 Å². The Morgan fingerprint density at radius 2 is 2.30 bits per heavy atom. The summed E-state index contributed by atoms with van der Waals surface area (Å²) in [6, 6.07) is 0. The molecule has 0 aliphatic rings. The summed E-state index contributed by atoms with van der Waals surface area (Å²) < 4.78 is 1.39. The number of nitrogens with zero attached hydrogens (tertiary/aromatic N) is 4. The molecule has 0 saturated carbocycles. The topological polar surface area (TPSA) is 96.5 Å². The third-order valence-electron chi connectivity index (χ3n) is 2.82. The van der Waals surface area contributed by atoms with Crippen molar-refractivity contribution in [3.63, 3.8) is 0 Å². The van der Waals surface area contributed by atoms with Gasteiger partial charge in [-0.05, 0) is 40.0 Å². The van der Waals surface area contributed by atoms with Crippen LogP contribution >= 0.6 is 0 Å². The van der Waals surface area contributed by atoms with Gasteiger partial charge in [-0.25, -0.2) is 0 Å². The second-order valence-corrected chi connectivity index (χ2v) is 5.05. The molecule has 8 nitrogen and oxygen atoms in total. The lowest BCUT2D eigenvalue weighted by atomic mass is 10.3. The molecule has 1 rings (SSSR count). The number of nitro groups is 1. The van der Waals surface area contributed by atoms with Gasteiger partial charge in [-0.1, -0.05) is 0 Å². The van der Waals surface area contributed by atoms with E-state index in [1.807, 2.05) is 14.1 Å². The Labute approximate surface area is 118 Å². The van der Waals surface area contributed by atoms with Crippen molar-refractivity contribution >= 4 is 5.69 Å². The smallest absolute Gasteiger partial charge is 0.306 e. The lowest BCUT2D eigenvalue weighted by molar-refractivity contribution is -0.385. The molecule has 114 valence electrons. The molecule has 1 aromatic heterocycles. The van der Waals surface area contributed by atoms with E-state index in [9.17, 15) is 15.2 Å². The zero-order chi connectivity index (χ0) is 15.0. The molecule has 0 aliphatic heterocycles. The van der Waals surface area contributed by atoms with Gasteiger partial charge < -0.3 is 15.3 Å². The lowest BCUT2D eigenvalue weighted by Crippen LogP contribution is -2.31. The number of aliphatic hydroxyl groups excluding tert-OH is 1. The minimum atomic E-state index is -0.608. The van der Waals surface area contributed by atoms with E-state index in [2.05, 4.69) is 15.3 Å². The van der Waals surface area contributed by atoms with Gasteiger partial charge in [0.15, 0.2) is 0 Å². The van der Waals surface area contributed by atoms with Crippen molar-refractivity contribution in [1.29, 1.82) is 0 Å². The van der Waals surface area contributed by atoms with Crippen LogP contribution in [-0.2, 0) is 6.54 Å². The average Bonchev–Trinajstić information content (AvgIpc) is 2.81. The Balaban J connectivity index is 2.13. The van der Waals surface area contributed by atoms with E-state index in [0.29, 0.717) is 6.54 Å². The van der Waals surface area contributed by atoms with E-state index in [4.69, 9.17) is 0 Å². The van der Waals surface area contributed by atoms with Crippen LogP contribution in [0.15, 0.2) is 12.4 Å². The number of nitrogens with one attached hydrogen (secondary N) is 1. The zero-order valence-electron chi connectivity index (χ0n) is 12.0. The van der Waals surface area contributed by atoms with Crippen molar-refractivity contribution in [2.24, 2.45) is 0 Å². The van der Waals surface area contributed by atoms with Crippen molar-refractivity contribution in [2.45, 2.75) is 25.5 Å². The Morgan fingerprint density at radius 3 is 2.90 bits per heavy atom. The van der Waals surface area contributed by atoms with Crippen LogP contribution in [0.4, 0.5) is 5.69 Å². The standard InChI is InChI=1S/C12H23N5O3/c1-15(2)6-4-3-5-13-8-12(18)10-16-9-11(7-14-16)17(19)20/h7,9,12-13,18H,3-6,8,10H2,1-2H3. The molecule has 1 heterocycles. The predicted molar refractivity (Wildman–Crippen MR) is 75.5 cm³/mol. The Bertz CT molecular complexity index is 408. The summed E-state index contributed by atoms with van der Waals surface area (Å²) in [7, 11) is 4.08. The highest BCUT2D eigenvalue weighted by atomic mass is 16.6. The van der Waals surface area contributed by atoms with Crippen molar-refractivity contribution in [3.05, 3.63) is 22.5 Å². The van der Waals surface area contributed by atoms with Gasteiger partial charge in [0.2, 0.25) is 0 Å². The van der Waals surface area contributed by atoms with Crippen molar-refractivity contribution < 1.29 is 10.0 Å². The summed E-state index contributed by atoms with van der Waals surface area (Å²) in [6.07, 6.45) is 4.06. The number of rotatable bonds is 10. The maximum Gasteiger partial charge on any atom is 0.306 e. The Hall–Kier alpha value is -1.51. The molecule has 0 saturated heterocycles. The van der Waals surface area contributed by atoms with Crippen LogP contribution in [0.2, 0.25) is 0 Å². The molecular formula is C12H23N5O3. The number of aromatic nitrogens is 2. The molecule has 1 aromatic rings. The van der Waals surface area contributed by atoms with Crippen LogP contribution in [0.25, 0.3) is 0 Å². The minimum absolute atomic E-state index is 0.0613. The molecule has 0 aliphatic carbocycles. The molecule has 20 heavy (non-hydrogen) atoms. The Kier molecular flexibility index (Phi) is 7.13. The first-order valence-corrected chi connectivity index (χ1v) is 6.69. The number of hydrogen-bond acceptors (Lipinski definition) is 6. The van der Waals surface area contributed by atoms with Crippen LogP contribution in [0.5, 0.6) is 0 Å². The molecule has 0 radical (unpaired) electrons. The van der Waals surface area contributed by atoms with Crippen molar-refractivity contribution in [2.75, 3.05) is 33.7 Å². The maximum atomic E-state index is 10.5. The number of aliphatic hydroxyl groups is 1. The number of hydrogen-bond donors (Lipinski definition) is 2. The van der Waals surface area contributed by atoms with Crippen LogP contribution < -0.4 is 5.32 Å². The summed E-state index contributed by atoms with van der Waals surface area (Å²) in [5.74, 6) is 0. The van der Waals surface area contributed by atoms with Gasteiger partial charge in [-0.2, -0.15) is 5.10 Å². The summed E-state index contributed by atoms with van der Waals surface area (Å²) in [6.45, 7) is 2.61. The molecule has 8 heteroatoms. The summed E-state index contributed by atoms with van der Waals surface area (Å²) >= 11 is 0. The molecule has 0 aromatic carbocycles. The zero-order valence-corrected chi connectivity index (χ0v) is 12.0. The molecule has 0 fully saturated rings. The fourth-order valence-corrected chi connectivity index (χ4v) is 1.77. The number of unbranched alkanes of at least 4 members (excludes halogenated alkanes) is 1. The highest BCUT2D eigenvalue weighted by molar-refractivity contribution is 5.20. The largest absolute Gasteiger partial charge is 0.390 e. The maximum absolute atomic E-state index is 10.5. The van der Waals surface area contributed by atoms with E-state index in [1.165, 1.54) is 17.1 Å². The van der Waals surface area contributed by atoms with E-state index < -0.39 is 11.0 Å². The summed E-state index contributed by atoms with van der Waals surface area (Å²) in [5, 5.41) is 27.3. The first-order chi connectivity index (χ1) is 9.49. The third kappa shape index (κ3) is 6.60. The fourth-order valence-electron chi connectivity index (χ4n) is 1.77.